The van der Waals surface area contributed by atoms with Gasteiger partial charge >= 0.3 is 0 Å². The van der Waals surface area contributed by atoms with Crippen LogP contribution in [-0.2, 0) is 6.42 Å². The van der Waals surface area contributed by atoms with Crippen LogP contribution in [0.25, 0.3) is 0 Å². The minimum absolute atomic E-state index is 0.383. The molecule has 1 aromatic rings. The fourth-order valence-electron chi connectivity index (χ4n) is 1.08. The fraction of sp³-hybridized carbons (Fsp3) is 0.400. The Balaban J connectivity index is 2.53. The van der Waals surface area contributed by atoms with E-state index < -0.39 is 0 Å². The molecule has 0 aliphatic heterocycles. The minimum Gasteiger partial charge on any atom is -0.220 e. The number of nitrogens with zero attached hydrogens (tertiary/aromatic N) is 1. The lowest BCUT2D eigenvalue weighted by Crippen LogP contribution is -2.21. The van der Waals surface area contributed by atoms with Gasteiger partial charge in [0.15, 0.2) is 0 Å². The summed E-state index contributed by atoms with van der Waals surface area (Å²) in [6, 6.07) is 10.8. The average Bonchev–Trinajstić information content (AvgIpc) is 2.06. The summed E-state index contributed by atoms with van der Waals surface area (Å²) >= 11 is 5.81. The van der Waals surface area contributed by atoms with Crippen molar-refractivity contribution >= 4 is 11.8 Å². The standard InChI is InChI=1S/C10H14ClN/c1-9(12(2)11)8-10-6-4-3-5-7-10/h3-7,9H,8H2,1-2H3/t9-/m0/s1. The maximum absolute atomic E-state index is 5.81. The van der Waals surface area contributed by atoms with E-state index in [1.807, 2.05) is 13.1 Å². The number of halogens is 1. The zero-order valence-electron chi connectivity index (χ0n) is 7.50. The van der Waals surface area contributed by atoms with Crippen molar-refractivity contribution < 1.29 is 0 Å². The molecule has 0 fully saturated rings. The molecule has 0 saturated heterocycles. The molecule has 0 spiro atoms. The Kier molecular flexibility index (Phi) is 3.57. The molecule has 0 heterocycles. The van der Waals surface area contributed by atoms with Crippen molar-refractivity contribution in [2.24, 2.45) is 0 Å². The molecule has 1 atom stereocenters. The van der Waals surface area contributed by atoms with Crippen LogP contribution < -0.4 is 0 Å². The van der Waals surface area contributed by atoms with Crippen LogP contribution >= 0.6 is 11.8 Å². The van der Waals surface area contributed by atoms with E-state index in [1.54, 1.807) is 4.42 Å². The van der Waals surface area contributed by atoms with Gasteiger partial charge in [0.2, 0.25) is 0 Å². The quantitative estimate of drug-likeness (QED) is 0.652. The van der Waals surface area contributed by atoms with Crippen molar-refractivity contribution in [3.8, 4) is 0 Å². The Hall–Kier alpha value is -0.530. The summed E-state index contributed by atoms with van der Waals surface area (Å²) in [6.45, 7) is 2.11. The van der Waals surface area contributed by atoms with Gasteiger partial charge in [-0.2, -0.15) is 0 Å². The van der Waals surface area contributed by atoms with E-state index >= 15 is 0 Å². The average molecular weight is 184 g/mol. The molecule has 0 aliphatic rings. The van der Waals surface area contributed by atoms with Crippen LogP contribution in [0.4, 0.5) is 0 Å². The Morgan fingerprint density at radius 2 is 1.92 bits per heavy atom. The normalized spacial score (nSPS) is 13.3. The molecule has 2 heteroatoms. The number of rotatable bonds is 3. The highest BCUT2D eigenvalue weighted by Crippen LogP contribution is 2.08. The molecule has 0 N–H and O–H groups in total. The number of hydrogen-bond donors (Lipinski definition) is 0. The summed E-state index contributed by atoms with van der Waals surface area (Å²) in [4.78, 5) is 0. The van der Waals surface area contributed by atoms with Crippen LogP contribution in [0.3, 0.4) is 0 Å². The highest BCUT2D eigenvalue weighted by atomic mass is 35.5. The van der Waals surface area contributed by atoms with Crippen LogP contribution in [0.1, 0.15) is 12.5 Å². The molecule has 66 valence electrons. The first-order valence-corrected chi connectivity index (χ1v) is 4.46. The number of benzene rings is 1. The first-order valence-electron chi connectivity index (χ1n) is 4.12. The Labute approximate surface area is 79.1 Å². The summed E-state index contributed by atoms with van der Waals surface area (Å²) in [5, 5.41) is 0. The maximum Gasteiger partial charge on any atom is 0.0260 e. The fourth-order valence-corrected chi connectivity index (χ4v) is 1.15. The lowest BCUT2D eigenvalue weighted by molar-refractivity contribution is 0.420. The monoisotopic (exact) mass is 183 g/mol. The first kappa shape index (κ1) is 9.56. The molecule has 1 nitrogen and oxygen atoms in total. The molecule has 1 aromatic carbocycles. The SMILES string of the molecule is C[C@@H](Cc1ccccc1)N(C)Cl. The van der Waals surface area contributed by atoms with E-state index in [0.717, 1.165) is 6.42 Å². The van der Waals surface area contributed by atoms with E-state index in [0.29, 0.717) is 6.04 Å². The molecular formula is C10H14ClN. The van der Waals surface area contributed by atoms with Gasteiger partial charge in [-0.25, -0.2) is 4.42 Å². The predicted molar refractivity (Wildman–Crippen MR) is 53.2 cm³/mol. The Bertz CT molecular complexity index is 221. The minimum atomic E-state index is 0.383. The largest absolute Gasteiger partial charge is 0.220 e. The molecule has 0 aromatic heterocycles. The van der Waals surface area contributed by atoms with Gasteiger partial charge in [0.05, 0.1) is 0 Å². The van der Waals surface area contributed by atoms with Crippen LogP contribution in [0.2, 0.25) is 0 Å². The second kappa shape index (κ2) is 4.48. The summed E-state index contributed by atoms with van der Waals surface area (Å²) < 4.78 is 1.72. The number of hydrogen-bond acceptors (Lipinski definition) is 1. The zero-order chi connectivity index (χ0) is 8.97. The Morgan fingerprint density at radius 1 is 1.33 bits per heavy atom. The lowest BCUT2D eigenvalue weighted by atomic mass is 10.1. The second-order valence-corrected chi connectivity index (χ2v) is 3.60. The Morgan fingerprint density at radius 3 is 2.42 bits per heavy atom. The third-order valence-electron chi connectivity index (χ3n) is 1.98. The van der Waals surface area contributed by atoms with Gasteiger partial charge in [-0.15, -0.1) is 0 Å². The van der Waals surface area contributed by atoms with E-state index in [2.05, 4.69) is 31.2 Å². The molecule has 0 aliphatic carbocycles. The predicted octanol–water partition coefficient (Wildman–Crippen LogP) is 2.70. The van der Waals surface area contributed by atoms with E-state index in [9.17, 15) is 0 Å². The van der Waals surface area contributed by atoms with Gasteiger partial charge in [-0.3, -0.25) is 0 Å². The smallest absolute Gasteiger partial charge is 0.0260 e. The van der Waals surface area contributed by atoms with Crippen LogP contribution in [0.5, 0.6) is 0 Å². The van der Waals surface area contributed by atoms with Crippen molar-refractivity contribution in [2.75, 3.05) is 7.05 Å². The highest BCUT2D eigenvalue weighted by Gasteiger charge is 2.06. The topological polar surface area (TPSA) is 3.24 Å². The summed E-state index contributed by atoms with van der Waals surface area (Å²) in [6.07, 6.45) is 1.00. The third-order valence-corrected chi connectivity index (χ3v) is 2.31. The second-order valence-electron chi connectivity index (χ2n) is 3.06. The van der Waals surface area contributed by atoms with Gasteiger partial charge in [-0.1, -0.05) is 30.3 Å². The highest BCUT2D eigenvalue weighted by molar-refractivity contribution is 6.13. The van der Waals surface area contributed by atoms with Crippen LogP contribution in [-0.4, -0.2) is 17.5 Å². The molecule has 1 rings (SSSR count). The summed E-state index contributed by atoms with van der Waals surface area (Å²) in [5.41, 5.74) is 1.33. The van der Waals surface area contributed by atoms with Crippen LogP contribution in [0, 0.1) is 0 Å². The lowest BCUT2D eigenvalue weighted by Gasteiger charge is -2.16. The summed E-state index contributed by atoms with van der Waals surface area (Å²) in [7, 11) is 1.88. The van der Waals surface area contributed by atoms with Crippen molar-refractivity contribution in [3.63, 3.8) is 0 Å². The molecular weight excluding hydrogens is 170 g/mol. The summed E-state index contributed by atoms with van der Waals surface area (Å²) in [5.74, 6) is 0. The van der Waals surface area contributed by atoms with Crippen molar-refractivity contribution in [1.82, 2.24) is 4.42 Å². The maximum atomic E-state index is 5.81. The van der Waals surface area contributed by atoms with E-state index in [1.165, 1.54) is 5.56 Å². The van der Waals surface area contributed by atoms with Crippen molar-refractivity contribution in [1.29, 1.82) is 0 Å². The molecule has 0 bridgehead atoms. The molecule has 0 radical (unpaired) electrons. The number of likely N-dealkylation sites (N-methyl/N-ethyl adjacent to an activating group) is 1. The van der Waals surface area contributed by atoms with Gasteiger partial charge in [0, 0.05) is 13.1 Å². The van der Waals surface area contributed by atoms with Crippen molar-refractivity contribution in [3.05, 3.63) is 35.9 Å². The third kappa shape index (κ3) is 2.84. The van der Waals surface area contributed by atoms with Gasteiger partial charge < -0.3 is 0 Å². The molecule has 0 unspecified atom stereocenters. The van der Waals surface area contributed by atoms with Gasteiger partial charge in [0.1, 0.15) is 0 Å². The van der Waals surface area contributed by atoms with E-state index in [4.69, 9.17) is 11.8 Å². The zero-order valence-corrected chi connectivity index (χ0v) is 8.25. The molecule has 12 heavy (non-hydrogen) atoms. The van der Waals surface area contributed by atoms with Gasteiger partial charge in [0.25, 0.3) is 0 Å². The first-order chi connectivity index (χ1) is 5.70. The van der Waals surface area contributed by atoms with Crippen molar-refractivity contribution in [2.45, 2.75) is 19.4 Å². The van der Waals surface area contributed by atoms with Crippen LogP contribution in [0.15, 0.2) is 30.3 Å². The molecule has 0 amide bonds. The van der Waals surface area contributed by atoms with Gasteiger partial charge in [-0.05, 0) is 30.7 Å². The van der Waals surface area contributed by atoms with E-state index in [-0.39, 0.29) is 0 Å². The molecule has 0 saturated carbocycles.